The lowest BCUT2D eigenvalue weighted by molar-refractivity contribution is -0.137. The van der Waals surface area contributed by atoms with E-state index in [4.69, 9.17) is 28.5 Å². The van der Waals surface area contributed by atoms with Crippen molar-refractivity contribution >= 4 is 44.2 Å². The lowest BCUT2D eigenvalue weighted by Crippen LogP contribution is -2.25. The molecule has 0 spiro atoms. The van der Waals surface area contributed by atoms with Gasteiger partial charge in [-0.15, -0.1) is 18.3 Å². The first-order valence-electron chi connectivity index (χ1n) is 6.78. The van der Waals surface area contributed by atoms with Crippen LogP contribution in [0.25, 0.3) is 5.69 Å². The van der Waals surface area contributed by atoms with Gasteiger partial charge >= 0.3 is 11.7 Å². The molecule has 0 bridgehead atoms. The molecule has 2 aromatic rings. The van der Waals surface area contributed by atoms with Crippen LogP contribution in [-0.4, -0.2) is 34.5 Å². The van der Waals surface area contributed by atoms with E-state index in [2.05, 4.69) is 5.10 Å². The molecular formula is C13H5Cl2F6N3O3S2. The van der Waals surface area contributed by atoms with Gasteiger partial charge in [0, 0.05) is 6.26 Å². The van der Waals surface area contributed by atoms with Crippen molar-refractivity contribution in [3.8, 4) is 11.8 Å². The molecule has 0 radical (unpaired) electrons. The van der Waals surface area contributed by atoms with Gasteiger partial charge in [0.1, 0.15) is 22.9 Å². The number of benzene rings is 1. The van der Waals surface area contributed by atoms with Crippen molar-refractivity contribution < 1.29 is 39.3 Å². The van der Waals surface area contributed by atoms with Gasteiger partial charge in [-0.1, -0.05) is 23.2 Å². The molecule has 29 heavy (non-hydrogen) atoms. The number of sulfone groups is 1. The van der Waals surface area contributed by atoms with Crippen LogP contribution in [0.2, 0.25) is 10.0 Å². The fourth-order valence-corrected chi connectivity index (χ4v) is 5.10. The Morgan fingerprint density at radius 1 is 1.17 bits per heavy atom. The molecule has 1 aromatic heterocycles. The molecule has 0 N–H and O–H groups in total. The number of nitriles is 1. The van der Waals surface area contributed by atoms with E-state index in [1.807, 2.05) is 0 Å². The van der Waals surface area contributed by atoms with Crippen LogP contribution in [0.4, 0.5) is 26.3 Å². The molecule has 0 amide bonds. The van der Waals surface area contributed by atoms with E-state index in [-0.39, 0.29) is 4.68 Å². The largest absolute Gasteiger partial charge is 0.604 e. The second-order valence-electron chi connectivity index (χ2n) is 5.28. The highest BCUT2D eigenvalue weighted by Gasteiger charge is 2.52. The summed E-state index contributed by atoms with van der Waals surface area (Å²) in [5.41, 5.74) is -8.73. The molecule has 2 rings (SSSR count). The van der Waals surface area contributed by atoms with Gasteiger partial charge in [0.25, 0.3) is 0 Å². The molecule has 0 saturated heterocycles. The average Bonchev–Trinajstić information content (AvgIpc) is 2.90. The molecule has 0 saturated carbocycles. The molecule has 1 unspecified atom stereocenters. The molecular weight excluding hydrogens is 495 g/mol. The van der Waals surface area contributed by atoms with E-state index in [1.165, 1.54) is 6.07 Å². The number of hydrogen-bond acceptors (Lipinski definition) is 5. The van der Waals surface area contributed by atoms with Crippen molar-refractivity contribution in [1.82, 2.24) is 9.78 Å². The van der Waals surface area contributed by atoms with Gasteiger partial charge in [0.2, 0.25) is 15.6 Å². The van der Waals surface area contributed by atoms with Crippen LogP contribution in [0.5, 0.6) is 0 Å². The molecule has 16 heteroatoms. The number of nitrogens with zero attached hydrogens (tertiary/aromatic N) is 3. The van der Waals surface area contributed by atoms with Crippen molar-refractivity contribution in [3.63, 3.8) is 0 Å². The molecule has 0 fully saturated rings. The number of hydrogen-bond donors (Lipinski definition) is 0. The van der Waals surface area contributed by atoms with Crippen molar-refractivity contribution in [3.05, 3.63) is 33.4 Å². The Morgan fingerprint density at radius 2 is 1.66 bits per heavy atom. The van der Waals surface area contributed by atoms with E-state index in [1.54, 1.807) is 0 Å². The summed E-state index contributed by atoms with van der Waals surface area (Å²) in [6.07, 6.45) is -4.47. The summed E-state index contributed by atoms with van der Waals surface area (Å²) in [5, 5.41) is 9.37. The van der Waals surface area contributed by atoms with E-state index in [0.717, 1.165) is 0 Å². The highest BCUT2D eigenvalue weighted by atomic mass is 35.5. The Morgan fingerprint density at radius 3 is 2.00 bits per heavy atom. The van der Waals surface area contributed by atoms with Crippen LogP contribution in [0.3, 0.4) is 0 Å². The quantitative estimate of drug-likeness (QED) is 0.467. The van der Waals surface area contributed by atoms with Gasteiger partial charge in [-0.25, -0.2) is 13.1 Å². The predicted molar refractivity (Wildman–Crippen MR) is 88.9 cm³/mol. The molecule has 1 atom stereocenters. The lowest BCUT2D eigenvalue weighted by Gasteiger charge is -2.15. The summed E-state index contributed by atoms with van der Waals surface area (Å²) in [7, 11) is -4.66. The zero-order chi connectivity index (χ0) is 22.5. The highest BCUT2D eigenvalue weighted by Crippen LogP contribution is 2.41. The molecule has 0 aliphatic rings. The van der Waals surface area contributed by atoms with Crippen molar-refractivity contribution in [2.24, 2.45) is 0 Å². The Bertz CT molecular complexity index is 1100. The second-order valence-corrected chi connectivity index (χ2v) is 9.43. The van der Waals surface area contributed by atoms with Crippen molar-refractivity contribution in [2.45, 2.75) is 21.6 Å². The first-order chi connectivity index (χ1) is 13.0. The monoisotopic (exact) mass is 499 g/mol. The van der Waals surface area contributed by atoms with Gasteiger partial charge in [-0.3, -0.25) is 0 Å². The summed E-state index contributed by atoms with van der Waals surface area (Å²) in [4.78, 5) is -1.49. The summed E-state index contributed by atoms with van der Waals surface area (Å²) in [6, 6.07) is 1.84. The standard InChI is InChI=1S/C13H5Cl2F6N3O3S2/c1-29(26,27)11-10(28(25)13(19,20)21)8(4-22)23-24(11)9-6(14)2-5(3-7(9)15)12(16,17)18/h2-3H,1H3. The Balaban J connectivity index is 2.97. The van der Waals surface area contributed by atoms with Crippen LogP contribution in [0, 0.1) is 11.3 Å². The molecule has 1 heterocycles. The third-order valence-electron chi connectivity index (χ3n) is 3.21. The van der Waals surface area contributed by atoms with Gasteiger partial charge in [-0.05, 0) is 12.1 Å². The highest BCUT2D eigenvalue weighted by molar-refractivity contribution is 7.94. The van der Waals surface area contributed by atoms with E-state index >= 15 is 0 Å². The van der Waals surface area contributed by atoms with E-state index in [0.29, 0.717) is 18.4 Å². The minimum atomic E-state index is -5.47. The Labute approximate surface area is 171 Å². The van der Waals surface area contributed by atoms with Gasteiger partial charge in [-0.2, -0.15) is 18.4 Å². The minimum Gasteiger partial charge on any atom is -0.604 e. The molecule has 158 valence electrons. The molecule has 6 nitrogen and oxygen atoms in total. The van der Waals surface area contributed by atoms with Crippen LogP contribution >= 0.6 is 23.2 Å². The van der Waals surface area contributed by atoms with E-state index < -0.39 is 69.6 Å². The lowest BCUT2D eigenvalue weighted by atomic mass is 10.2. The number of rotatable bonds is 3. The molecule has 0 aliphatic heterocycles. The maximum Gasteiger partial charge on any atom is 0.578 e. The Kier molecular flexibility index (Phi) is 6.15. The smallest absolute Gasteiger partial charge is 0.578 e. The molecule has 1 aromatic carbocycles. The summed E-state index contributed by atoms with van der Waals surface area (Å²) in [5.74, 6) is 0. The summed E-state index contributed by atoms with van der Waals surface area (Å²) < 4.78 is 114. The van der Waals surface area contributed by atoms with E-state index in [9.17, 15) is 39.3 Å². The predicted octanol–water partition coefficient (Wildman–Crippen LogP) is 4.10. The van der Waals surface area contributed by atoms with Gasteiger partial charge in [0.15, 0.2) is 9.84 Å². The summed E-state index contributed by atoms with van der Waals surface area (Å²) in [6.45, 7) is 0. The topological polar surface area (TPSA) is 98.8 Å². The van der Waals surface area contributed by atoms with Crippen LogP contribution in [-0.2, 0) is 27.2 Å². The van der Waals surface area contributed by atoms with Gasteiger partial charge < -0.3 is 4.55 Å². The fraction of sp³-hybridized carbons (Fsp3) is 0.231. The maximum atomic E-state index is 13.0. The molecule has 0 aliphatic carbocycles. The van der Waals surface area contributed by atoms with Crippen molar-refractivity contribution in [1.29, 1.82) is 5.26 Å². The normalized spacial score (nSPS) is 14.0. The fourth-order valence-electron chi connectivity index (χ4n) is 2.15. The van der Waals surface area contributed by atoms with Crippen LogP contribution < -0.4 is 0 Å². The third kappa shape index (κ3) is 4.58. The Hall–Kier alpha value is -1.66. The third-order valence-corrected chi connectivity index (χ3v) is 6.17. The van der Waals surface area contributed by atoms with Crippen LogP contribution in [0.1, 0.15) is 11.3 Å². The SMILES string of the molecule is CS(=O)(=O)c1c([S+]([O-])C(F)(F)F)c(C#N)nn1-c1c(Cl)cc(C(F)(F)F)cc1Cl. The first-order valence-corrected chi connectivity index (χ1v) is 10.6. The summed E-state index contributed by atoms with van der Waals surface area (Å²) >= 11 is 7.50. The minimum absolute atomic E-state index is 0.150. The zero-order valence-electron chi connectivity index (χ0n) is 13.6. The number of aromatic nitrogens is 2. The number of alkyl halides is 6. The van der Waals surface area contributed by atoms with Gasteiger partial charge in [0.05, 0.1) is 15.6 Å². The number of halogens is 8. The first kappa shape index (κ1) is 23.6. The van der Waals surface area contributed by atoms with Crippen LogP contribution in [0.15, 0.2) is 22.1 Å². The van der Waals surface area contributed by atoms with Crippen molar-refractivity contribution in [2.75, 3.05) is 6.26 Å². The maximum absolute atomic E-state index is 13.0. The second kappa shape index (κ2) is 7.55. The average molecular weight is 500 g/mol. The zero-order valence-corrected chi connectivity index (χ0v) is 16.7.